The zero-order valence-electron chi connectivity index (χ0n) is 14.6. The third kappa shape index (κ3) is 4.94. The standard InChI is InChI=1S/C18H28N4O2/c1-3-4-6-13(2)18(24)21-15-8-9-16(20-11-15)22-10-5-7-14(12-22)17(19)23/h8-9,11,13-14H,3-7,10,12H2,1-2H3,(H2,19,23)(H,21,24)/t13-,14+/m0/s1. The highest BCUT2D eigenvalue weighted by atomic mass is 16.2. The van der Waals surface area contributed by atoms with Gasteiger partial charge in [-0.15, -0.1) is 0 Å². The van der Waals surface area contributed by atoms with Crippen molar-refractivity contribution >= 4 is 23.3 Å². The number of primary amides is 1. The highest BCUT2D eigenvalue weighted by molar-refractivity contribution is 5.92. The SMILES string of the molecule is CCCC[C@H](C)C(=O)Nc1ccc(N2CCC[C@@H](C(N)=O)C2)nc1. The van der Waals surface area contributed by atoms with Crippen LogP contribution in [0.3, 0.4) is 0 Å². The summed E-state index contributed by atoms with van der Waals surface area (Å²) in [6, 6.07) is 3.75. The largest absolute Gasteiger partial charge is 0.369 e. The van der Waals surface area contributed by atoms with Gasteiger partial charge in [-0.1, -0.05) is 26.7 Å². The van der Waals surface area contributed by atoms with Crippen LogP contribution in [-0.2, 0) is 9.59 Å². The van der Waals surface area contributed by atoms with Gasteiger partial charge in [0.05, 0.1) is 17.8 Å². The molecular formula is C18H28N4O2. The van der Waals surface area contributed by atoms with E-state index in [0.29, 0.717) is 12.2 Å². The predicted molar refractivity (Wildman–Crippen MR) is 95.7 cm³/mol. The van der Waals surface area contributed by atoms with Crippen LogP contribution in [0, 0.1) is 11.8 Å². The lowest BCUT2D eigenvalue weighted by atomic mass is 9.97. The number of nitrogens with two attached hydrogens (primary N) is 1. The fourth-order valence-electron chi connectivity index (χ4n) is 2.97. The number of unbranched alkanes of at least 4 members (excludes halogenated alkanes) is 1. The number of nitrogens with zero attached hydrogens (tertiary/aromatic N) is 2. The maximum Gasteiger partial charge on any atom is 0.227 e. The fourth-order valence-corrected chi connectivity index (χ4v) is 2.97. The van der Waals surface area contributed by atoms with Crippen LogP contribution in [-0.4, -0.2) is 29.9 Å². The van der Waals surface area contributed by atoms with Crippen LogP contribution in [0.2, 0.25) is 0 Å². The Morgan fingerprint density at radius 2 is 2.25 bits per heavy atom. The van der Waals surface area contributed by atoms with Gasteiger partial charge in [-0.05, 0) is 31.4 Å². The minimum Gasteiger partial charge on any atom is -0.369 e. The molecule has 2 rings (SSSR count). The van der Waals surface area contributed by atoms with Crippen molar-refractivity contribution < 1.29 is 9.59 Å². The molecule has 1 aromatic rings. The number of carbonyl (C=O) groups excluding carboxylic acids is 2. The van der Waals surface area contributed by atoms with Gasteiger partial charge in [0.15, 0.2) is 0 Å². The first-order valence-corrected chi connectivity index (χ1v) is 8.82. The molecule has 1 aliphatic heterocycles. The molecule has 1 saturated heterocycles. The highest BCUT2D eigenvalue weighted by Gasteiger charge is 2.24. The molecule has 0 aliphatic carbocycles. The van der Waals surface area contributed by atoms with Crippen molar-refractivity contribution in [3.63, 3.8) is 0 Å². The molecule has 0 saturated carbocycles. The molecule has 0 spiro atoms. The summed E-state index contributed by atoms with van der Waals surface area (Å²) in [4.78, 5) is 30.0. The summed E-state index contributed by atoms with van der Waals surface area (Å²) in [5, 5.41) is 2.91. The van der Waals surface area contributed by atoms with Crippen LogP contribution in [0.1, 0.15) is 46.0 Å². The molecule has 1 aliphatic rings. The molecule has 3 N–H and O–H groups in total. The number of rotatable bonds is 7. The Balaban J connectivity index is 1.93. The average molecular weight is 332 g/mol. The van der Waals surface area contributed by atoms with Crippen LogP contribution in [0.5, 0.6) is 0 Å². The first-order chi connectivity index (χ1) is 11.5. The van der Waals surface area contributed by atoms with Crippen LogP contribution in [0.25, 0.3) is 0 Å². The van der Waals surface area contributed by atoms with Crippen LogP contribution < -0.4 is 16.0 Å². The van der Waals surface area contributed by atoms with Crippen molar-refractivity contribution in [3.05, 3.63) is 18.3 Å². The molecule has 0 aromatic carbocycles. The third-order valence-electron chi connectivity index (χ3n) is 4.60. The fraction of sp³-hybridized carbons (Fsp3) is 0.611. The molecule has 132 valence electrons. The van der Waals surface area contributed by atoms with Gasteiger partial charge < -0.3 is 16.0 Å². The van der Waals surface area contributed by atoms with Gasteiger partial charge in [0.1, 0.15) is 5.82 Å². The van der Waals surface area contributed by atoms with E-state index in [-0.39, 0.29) is 23.7 Å². The first-order valence-electron chi connectivity index (χ1n) is 8.82. The predicted octanol–water partition coefficient (Wildman–Crippen LogP) is 2.55. The zero-order valence-corrected chi connectivity index (χ0v) is 14.6. The zero-order chi connectivity index (χ0) is 17.5. The molecule has 2 atom stereocenters. The second-order valence-electron chi connectivity index (χ2n) is 6.63. The Labute approximate surface area is 143 Å². The number of anilines is 2. The minimum absolute atomic E-state index is 0.00282. The molecular weight excluding hydrogens is 304 g/mol. The normalized spacial score (nSPS) is 18.9. The number of piperidine rings is 1. The van der Waals surface area contributed by atoms with Crippen molar-refractivity contribution in [1.82, 2.24) is 4.98 Å². The maximum absolute atomic E-state index is 12.1. The third-order valence-corrected chi connectivity index (χ3v) is 4.60. The van der Waals surface area contributed by atoms with E-state index in [0.717, 1.165) is 44.5 Å². The smallest absolute Gasteiger partial charge is 0.227 e. The Morgan fingerprint density at radius 1 is 1.46 bits per heavy atom. The van der Waals surface area contributed by atoms with E-state index in [2.05, 4.69) is 22.1 Å². The Kier molecular flexibility index (Phi) is 6.58. The molecule has 6 nitrogen and oxygen atoms in total. The topological polar surface area (TPSA) is 88.3 Å². The number of aromatic nitrogens is 1. The van der Waals surface area contributed by atoms with Crippen molar-refractivity contribution in [3.8, 4) is 0 Å². The van der Waals surface area contributed by atoms with Crippen molar-refractivity contribution in [1.29, 1.82) is 0 Å². The van der Waals surface area contributed by atoms with Crippen LogP contribution >= 0.6 is 0 Å². The van der Waals surface area contributed by atoms with Gasteiger partial charge in [0.25, 0.3) is 0 Å². The van der Waals surface area contributed by atoms with Crippen molar-refractivity contribution in [2.75, 3.05) is 23.3 Å². The lowest BCUT2D eigenvalue weighted by Gasteiger charge is -2.32. The Hall–Kier alpha value is -2.11. The van der Waals surface area contributed by atoms with Gasteiger partial charge in [-0.25, -0.2) is 4.98 Å². The van der Waals surface area contributed by atoms with Crippen molar-refractivity contribution in [2.45, 2.75) is 46.0 Å². The number of amides is 2. The molecule has 24 heavy (non-hydrogen) atoms. The number of pyridine rings is 1. The van der Waals surface area contributed by atoms with Crippen molar-refractivity contribution in [2.24, 2.45) is 17.6 Å². The molecule has 2 heterocycles. The van der Waals surface area contributed by atoms with Crippen LogP contribution in [0.4, 0.5) is 11.5 Å². The molecule has 0 radical (unpaired) electrons. The van der Waals surface area contributed by atoms with E-state index < -0.39 is 0 Å². The summed E-state index contributed by atoms with van der Waals surface area (Å²) in [7, 11) is 0. The average Bonchev–Trinajstić information content (AvgIpc) is 2.60. The number of hydrogen-bond donors (Lipinski definition) is 2. The van der Waals surface area contributed by atoms with E-state index in [9.17, 15) is 9.59 Å². The number of carbonyl (C=O) groups is 2. The second-order valence-corrected chi connectivity index (χ2v) is 6.63. The molecule has 0 unspecified atom stereocenters. The molecule has 1 aromatic heterocycles. The van der Waals surface area contributed by atoms with Gasteiger partial charge in [-0.2, -0.15) is 0 Å². The summed E-state index contributed by atoms with van der Waals surface area (Å²) in [6.07, 6.45) is 6.50. The lowest BCUT2D eigenvalue weighted by molar-refractivity contribution is -0.122. The van der Waals surface area contributed by atoms with E-state index in [1.807, 2.05) is 19.1 Å². The first kappa shape index (κ1) is 18.2. The van der Waals surface area contributed by atoms with E-state index in [1.165, 1.54) is 0 Å². The summed E-state index contributed by atoms with van der Waals surface area (Å²) in [5.41, 5.74) is 6.12. The lowest BCUT2D eigenvalue weighted by Crippen LogP contribution is -2.41. The monoisotopic (exact) mass is 332 g/mol. The van der Waals surface area contributed by atoms with Gasteiger partial charge in [0, 0.05) is 19.0 Å². The summed E-state index contributed by atoms with van der Waals surface area (Å²) in [5.74, 6) is 0.495. The minimum atomic E-state index is -0.246. The summed E-state index contributed by atoms with van der Waals surface area (Å²) in [6.45, 7) is 5.56. The summed E-state index contributed by atoms with van der Waals surface area (Å²) >= 11 is 0. The number of hydrogen-bond acceptors (Lipinski definition) is 4. The van der Waals surface area contributed by atoms with Gasteiger partial charge in [0.2, 0.25) is 11.8 Å². The molecule has 2 amide bonds. The van der Waals surface area contributed by atoms with E-state index in [1.54, 1.807) is 6.20 Å². The molecule has 0 bridgehead atoms. The Morgan fingerprint density at radius 3 is 2.88 bits per heavy atom. The van der Waals surface area contributed by atoms with Crippen LogP contribution in [0.15, 0.2) is 18.3 Å². The quantitative estimate of drug-likeness (QED) is 0.803. The van der Waals surface area contributed by atoms with Gasteiger partial charge >= 0.3 is 0 Å². The maximum atomic E-state index is 12.1. The highest BCUT2D eigenvalue weighted by Crippen LogP contribution is 2.22. The molecule has 6 heteroatoms. The second kappa shape index (κ2) is 8.66. The Bertz CT molecular complexity index is 559. The molecule has 1 fully saturated rings. The van der Waals surface area contributed by atoms with Gasteiger partial charge in [-0.3, -0.25) is 9.59 Å². The number of nitrogens with one attached hydrogen (secondary N) is 1. The summed E-state index contributed by atoms with van der Waals surface area (Å²) < 4.78 is 0. The van der Waals surface area contributed by atoms with E-state index >= 15 is 0 Å². The van der Waals surface area contributed by atoms with E-state index in [4.69, 9.17) is 5.73 Å².